The van der Waals surface area contributed by atoms with Crippen LogP contribution in [-0.2, 0) is 11.2 Å². The summed E-state index contributed by atoms with van der Waals surface area (Å²) in [7, 11) is 1.33. The van der Waals surface area contributed by atoms with Crippen LogP contribution in [0.25, 0.3) is 0 Å². The van der Waals surface area contributed by atoms with Crippen LogP contribution in [-0.4, -0.2) is 29.6 Å². The van der Waals surface area contributed by atoms with E-state index in [0.717, 1.165) is 17.1 Å². The maximum Gasteiger partial charge on any atom is 0.341 e. The molecule has 2 aromatic rings. The van der Waals surface area contributed by atoms with E-state index in [2.05, 4.69) is 15.3 Å². The number of aryl methyl sites for hydroxylation is 1. The first-order chi connectivity index (χ1) is 9.60. The van der Waals surface area contributed by atoms with E-state index in [0.29, 0.717) is 23.6 Å². The molecule has 0 aromatic carbocycles. The van der Waals surface area contributed by atoms with Gasteiger partial charge in [0.1, 0.15) is 11.4 Å². The molecular formula is C13H16N4O2S. The average molecular weight is 292 g/mol. The van der Waals surface area contributed by atoms with Crippen LogP contribution in [0.15, 0.2) is 17.6 Å². The minimum atomic E-state index is -0.461. The summed E-state index contributed by atoms with van der Waals surface area (Å²) >= 11 is 1.62. The number of hydrogen-bond acceptors (Lipinski definition) is 7. The number of aromatic nitrogens is 2. The smallest absolute Gasteiger partial charge is 0.341 e. The van der Waals surface area contributed by atoms with Gasteiger partial charge in [-0.2, -0.15) is 0 Å². The third kappa shape index (κ3) is 3.45. The highest BCUT2D eigenvalue weighted by atomic mass is 32.1. The Bertz CT molecular complexity index is 612. The number of nitrogen functional groups attached to an aromatic ring is 1. The number of esters is 1. The zero-order valence-corrected chi connectivity index (χ0v) is 12.2. The third-order valence-electron chi connectivity index (χ3n) is 2.61. The van der Waals surface area contributed by atoms with Gasteiger partial charge in [-0.25, -0.2) is 14.8 Å². The molecule has 6 nitrogen and oxygen atoms in total. The van der Waals surface area contributed by atoms with Crippen molar-refractivity contribution >= 4 is 28.8 Å². The molecule has 0 spiro atoms. The highest BCUT2D eigenvalue weighted by Gasteiger charge is 2.13. The van der Waals surface area contributed by atoms with E-state index in [9.17, 15) is 4.79 Å². The molecule has 0 atom stereocenters. The van der Waals surface area contributed by atoms with E-state index in [-0.39, 0.29) is 0 Å². The van der Waals surface area contributed by atoms with Crippen molar-refractivity contribution in [2.45, 2.75) is 13.3 Å². The summed E-state index contributed by atoms with van der Waals surface area (Å²) in [5.74, 6) is 0.0109. The molecule has 0 saturated carbocycles. The molecule has 3 N–H and O–H groups in total. The third-order valence-corrected chi connectivity index (χ3v) is 3.64. The van der Waals surface area contributed by atoms with E-state index in [1.54, 1.807) is 17.4 Å². The molecule has 0 fully saturated rings. The number of nitrogens with two attached hydrogens (primary N) is 1. The average Bonchev–Trinajstić information content (AvgIpc) is 2.85. The Morgan fingerprint density at radius 1 is 1.55 bits per heavy atom. The van der Waals surface area contributed by atoms with Gasteiger partial charge in [-0.05, 0) is 13.0 Å². The van der Waals surface area contributed by atoms with Crippen molar-refractivity contribution in [1.82, 2.24) is 9.97 Å². The molecule has 0 amide bonds. The minimum absolute atomic E-state index is 0.336. The number of anilines is 2. The van der Waals surface area contributed by atoms with Crippen LogP contribution in [0.1, 0.15) is 21.1 Å². The van der Waals surface area contributed by atoms with E-state index < -0.39 is 5.97 Å². The number of thiazole rings is 1. The van der Waals surface area contributed by atoms with Gasteiger partial charge in [-0.3, -0.25) is 0 Å². The zero-order chi connectivity index (χ0) is 14.5. The van der Waals surface area contributed by atoms with Crippen LogP contribution in [0.4, 0.5) is 11.5 Å². The lowest BCUT2D eigenvalue weighted by Crippen LogP contribution is -2.13. The second-order valence-electron chi connectivity index (χ2n) is 4.22. The van der Waals surface area contributed by atoms with Crippen molar-refractivity contribution in [2.24, 2.45) is 0 Å². The number of ether oxygens (including phenoxy) is 1. The van der Waals surface area contributed by atoms with Gasteiger partial charge in [0.25, 0.3) is 0 Å². The topological polar surface area (TPSA) is 90.1 Å². The highest BCUT2D eigenvalue weighted by molar-refractivity contribution is 7.09. The van der Waals surface area contributed by atoms with Crippen LogP contribution in [0.5, 0.6) is 0 Å². The minimum Gasteiger partial charge on any atom is -0.465 e. The second-order valence-corrected chi connectivity index (χ2v) is 5.16. The number of methoxy groups -OCH3 is 1. The fourth-order valence-corrected chi connectivity index (χ4v) is 2.47. The summed E-state index contributed by atoms with van der Waals surface area (Å²) in [5.41, 5.74) is 7.41. The molecule has 0 aliphatic carbocycles. The van der Waals surface area contributed by atoms with E-state index in [1.807, 2.05) is 12.3 Å². The number of carbonyl (C=O) groups is 1. The maximum atomic E-state index is 11.7. The van der Waals surface area contributed by atoms with Crippen molar-refractivity contribution in [3.63, 3.8) is 0 Å². The highest BCUT2D eigenvalue weighted by Crippen LogP contribution is 2.17. The molecule has 0 aliphatic heterocycles. The fourth-order valence-electron chi connectivity index (χ4n) is 1.69. The summed E-state index contributed by atoms with van der Waals surface area (Å²) < 4.78 is 4.72. The molecule has 0 radical (unpaired) electrons. The molecular weight excluding hydrogens is 276 g/mol. The summed E-state index contributed by atoms with van der Waals surface area (Å²) in [5, 5.41) is 6.17. The van der Waals surface area contributed by atoms with Crippen molar-refractivity contribution in [3.8, 4) is 0 Å². The summed E-state index contributed by atoms with van der Waals surface area (Å²) in [6.45, 7) is 2.60. The maximum absolute atomic E-state index is 11.7. The largest absolute Gasteiger partial charge is 0.465 e. The molecule has 2 rings (SSSR count). The van der Waals surface area contributed by atoms with Crippen LogP contribution in [0, 0.1) is 6.92 Å². The predicted octanol–water partition coefficient (Wildman–Crippen LogP) is 1.87. The van der Waals surface area contributed by atoms with Crippen LogP contribution < -0.4 is 11.1 Å². The molecule has 20 heavy (non-hydrogen) atoms. The van der Waals surface area contributed by atoms with Crippen molar-refractivity contribution in [3.05, 3.63) is 33.9 Å². The van der Waals surface area contributed by atoms with Gasteiger partial charge in [-0.1, -0.05) is 0 Å². The lowest BCUT2D eigenvalue weighted by atomic mass is 10.2. The lowest BCUT2D eigenvalue weighted by Gasteiger charge is -2.09. The Kier molecular flexibility index (Phi) is 4.52. The second kappa shape index (κ2) is 6.33. The number of hydrogen-bond donors (Lipinski definition) is 2. The molecule has 0 aliphatic rings. The summed E-state index contributed by atoms with van der Waals surface area (Å²) in [6.07, 6.45) is 2.27. The van der Waals surface area contributed by atoms with E-state index >= 15 is 0 Å². The van der Waals surface area contributed by atoms with Gasteiger partial charge in [0, 0.05) is 24.0 Å². The standard InChI is InChI=1S/C13H16N4O2S/c1-8-7-20-11(17-8)3-4-15-12-10(13(18)19-2)5-9(14)6-16-12/h5-7H,3-4,14H2,1-2H3,(H,15,16). The van der Waals surface area contributed by atoms with Gasteiger partial charge in [-0.15, -0.1) is 11.3 Å². The molecule has 7 heteroatoms. The van der Waals surface area contributed by atoms with Gasteiger partial charge < -0.3 is 15.8 Å². The van der Waals surface area contributed by atoms with Gasteiger partial charge in [0.2, 0.25) is 0 Å². The van der Waals surface area contributed by atoms with Crippen LogP contribution in [0.3, 0.4) is 0 Å². The number of nitrogens with one attached hydrogen (secondary N) is 1. The van der Waals surface area contributed by atoms with Gasteiger partial charge in [0.15, 0.2) is 0 Å². The van der Waals surface area contributed by atoms with Crippen molar-refractivity contribution in [2.75, 3.05) is 24.7 Å². The SMILES string of the molecule is COC(=O)c1cc(N)cnc1NCCc1nc(C)cs1. The lowest BCUT2D eigenvalue weighted by molar-refractivity contribution is 0.0601. The van der Waals surface area contributed by atoms with Crippen molar-refractivity contribution < 1.29 is 9.53 Å². The number of carbonyl (C=O) groups excluding carboxylic acids is 1. The van der Waals surface area contributed by atoms with Gasteiger partial charge in [0.05, 0.1) is 24.0 Å². The van der Waals surface area contributed by atoms with E-state index in [1.165, 1.54) is 13.3 Å². The van der Waals surface area contributed by atoms with Crippen LogP contribution >= 0.6 is 11.3 Å². The number of nitrogens with zero attached hydrogens (tertiary/aromatic N) is 2. The first-order valence-corrected chi connectivity index (χ1v) is 6.97. The normalized spacial score (nSPS) is 10.3. The zero-order valence-electron chi connectivity index (χ0n) is 11.3. The monoisotopic (exact) mass is 292 g/mol. The van der Waals surface area contributed by atoms with Crippen molar-refractivity contribution in [1.29, 1.82) is 0 Å². The molecule has 106 valence electrons. The first-order valence-electron chi connectivity index (χ1n) is 6.09. The Balaban J connectivity index is 2.03. The number of rotatable bonds is 5. The molecule has 0 unspecified atom stereocenters. The predicted molar refractivity (Wildman–Crippen MR) is 79.0 cm³/mol. The summed E-state index contributed by atoms with van der Waals surface area (Å²) in [4.78, 5) is 20.2. The molecule has 2 heterocycles. The van der Waals surface area contributed by atoms with Gasteiger partial charge >= 0.3 is 5.97 Å². The first kappa shape index (κ1) is 14.3. The summed E-state index contributed by atoms with van der Waals surface area (Å²) in [6, 6.07) is 1.55. The van der Waals surface area contributed by atoms with E-state index in [4.69, 9.17) is 10.5 Å². The molecule has 0 bridgehead atoms. The Hall–Kier alpha value is -2.15. The Labute approximate surface area is 121 Å². The Morgan fingerprint density at radius 3 is 3.00 bits per heavy atom. The quantitative estimate of drug-likeness (QED) is 0.818. The fraction of sp³-hybridized carbons (Fsp3) is 0.308. The molecule has 2 aromatic heterocycles. The number of pyridine rings is 1. The van der Waals surface area contributed by atoms with Crippen LogP contribution in [0.2, 0.25) is 0 Å². The Morgan fingerprint density at radius 2 is 2.35 bits per heavy atom. The molecule has 0 saturated heterocycles.